The van der Waals surface area contributed by atoms with E-state index < -0.39 is 5.91 Å². The molecule has 0 fully saturated rings. The van der Waals surface area contributed by atoms with Crippen molar-refractivity contribution < 1.29 is 9.59 Å². The van der Waals surface area contributed by atoms with Gasteiger partial charge < -0.3 is 15.2 Å². The number of pyridine rings is 1. The van der Waals surface area contributed by atoms with Gasteiger partial charge in [0, 0.05) is 43.8 Å². The third-order valence-corrected chi connectivity index (χ3v) is 2.86. The molecule has 1 aromatic heterocycles. The monoisotopic (exact) mass is 285 g/mol. The highest BCUT2D eigenvalue weighted by Crippen LogP contribution is 2.11. The Labute approximate surface area is 121 Å². The summed E-state index contributed by atoms with van der Waals surface area (Å²) < 4.78 is 0. The number of aromatic amines is 1. The molecule has 2 rings (SSSR count). The van der Waals surface area contributed by atoms with Gasteiger partial charge in [-0.25, -0.2) is 0 Å². The Balaban J connectivity index is 2.14. The van der Waals surface area contributed by atoms with E-state index in [1.165, 1.54) is 23.4 Å². The van der Waals surface area contributed by atoms with Gasteiger partial charge in [-0.3, -0.25) is 14.4 Å². The van der Waals surface area contributed by atoms with Crippen molar-refractivity contribution >= 4 is 17.5 Å². The van der Waals surface area contributed by atoms with E-state index in [1.807, 2.05) is 0 Å². The zero-order valence-electron chi connectivity index (χ0n) is 11.7. The molecule has 6 nitrogen and oxygen atoms in total. The molecule has 6 heteroatoms. The number of hydrogen-bond acceptors (Lipinski definition) is 3. The van der Waals surface area contributed by atoms with Gasteiger partial charge >= 0.3 is 0 Å². The van der Waals surface area contributed by atoms with E-state index in [2.05, 4.69) is 10.3 Å². The molecule has 2 N–H and O–H groups in total. The summed E-state index contributed by atoms with van der Waals surface area (Å²) in [7, 11) is 3.33. The molecule has 0 aliphatic rings. The van der Waals surface area contributed by atoms with Gasteiger partial charge in [-0.05, 0) is 24.3 Å². The minimum atomic E-state index is -0.497. The summed E-state index contributed by atoms with van der Waals surface area (Å²) in [5.41, 5.74) is 0.714. The average molecular weight is 285 g/mol. The smallest absolute Gasteiger partial charge is 0.261 e. The number of carbonyl (C=O) groups excluding carboxylic acids is 2. The molecule has 0 bridgehead atoms. The lowest BCUT2D eigenvalue weighted by molar-refractivity contribution is 0.0827. The second-order valence-electron chi connectivity index (χ2n) is 4.65. The van der Waals surface area contributed by atoms with Gasteiger partial charge in [-0.1, -0.05) is 0 Å². The number of amides is 2. The van der Waals surface area contributed by atoms with Crippen LogP contribution in [0.15, 0.2) is 47.5 Å². The van der Waals surface area contributed by atoms with Gasteiger partial charge in [0.1, 0.15) is 5.56 Å². The molecule has 0 radical (unpaired) electrons. The van der Waals surface area contributed by atoms with Crippen LogP contribution in [-0.4, -0.2) is 35.8 Å². The maximum absolute atomic E-state index is 12.0. The first-order chi connectivity index (χ1) is 9.99. The minimum Gasteiger partial charge on any atom is -0.367 e. The Hall–Kier alpha value is -2.89. The van der Waals surface area contributed by atoms with E-state index in [9.17, 15) is 14.4 Å². The zero-order valence-corrected chi connectivity index (χ0v) is 11.7. The van der Waals surface area contributed by atoms with Crippen molar-refractivity contribution in [2.75, 3.05) is 19.4 Å². The minimum absolute atomic E-state index is 0.0333. The number of nitrogens with one attached hydrogen (secondary N) is 2. The standard InChI is InChI=1S/C15H15N3O3/c1-18(2)15(21)10-3-5-11(6-4-10)17-14(20)12-9-16-8-7-13(12)19/h3-9H,1-2H3,(H,16,19)(H,17,20). The van der Waals surface area contributed by atoms with Crippen LogP contribution in [0.2, 0.25) is 0 Å². The molecular weight excluding hydrogens is 270 g/mol. The number of nitrogens with zero attached hydrogens (tertiary/aromatic N) is 1. The summed E-state index contributed by atoms with van der Waals surface area (Å²) in [4.78, 5) is 39.4. The number of rotatable bonds is 3. The number of aromatic nitrogens is 1. The second kappa shape index (κ2) is 6.04. The number of anilines is 1. The molecule has 0 atom stereocenters. The lowest BCUT2D eigenvalue weighted by atomic mass is 10.2. The summed E-state index contributed by atoms with van der Waals surface area (Å²) in [6.07, 6.45) is 2.81. The van der Waals surface area contributed by atoms with E-state index in [0.717, 1.165) is 0 Å². The third kappa shape index (κ3) is 3.36. The van der Waals surface area contributed by atoms with Crippen LogP contribution in [0, 0.1) is 0 Å². The predicted octanol–water partition coefficient (Wildman–Crippen LogP) is 1.33. The molecule has 0 aliphatic heterocycles. The van der Waals surface area contributed by atoms with Crippen molar-refractivity contribution in [1.29, 1.82) is 0 Å². The first kappa shape index (κ1) is 14.5. The van der Waals surface area contributed by atoms with Crippen molar-refractivity contribution in [3.05, 3.63) is 64.1 Å². The summed E-state index contributed by atoms with van der Waals surface area (Å²) in [6.45, 7) is 0. The third-order valence-electron chi connectivity index (χ3n) is 2.86. The summed E-state index contributed by atoms with van der Waals surface area (Å²) >= 11 is 0. The van der Waals surface area contributed by atoms with Gasteiger partial charge in [0.15, 0.2) is 5.43 Å². The van der Waals surface area contributed by atoms with Crippen molar-refractivity contribution in [3.63, 3.8) is 0 Å². The highest BCUT2D eigenvalue weighted by atomic mass is 16.2. The number of benzene rings is 1. The van der Waals surface area contributed by atoms with Crippen LogP contribution in [0.4, 0.5) is 5.69 Å². The van der Waals surface area contributed by atoms with E-state index >= 15 is 0 Å². The molecule has 1 heterocycles. The van der Waals surface area contributed by atoms with E-state index in [4.69, 9.17) is 0 Å². The highest BCUT2D eigenvalue weighted by Gasteiger charge is 2.11. The average Bonchev–Trinajstić information content (AvgIpc) is 2.47. The maximum atomic E-state index is 12.0. The fraction of sp³-hybridized carbons (Fsp3) is 0.133. The molecule has 2 amide bonds. The van der Waals surface area contributed by atoms with E-state index in [0.29, 0.717) is 11.3 Å². The first-order valence-electron chi connectivity index (χ1n) is 6.29. The maximum Gasteiger partial charge on any atom is 0.261 e. The molecule has 0 saturated heterocycles. The quantitative estimate of drug-likeness (QED) is 0.892. The summed E-state index contributed by atoms with van der Waals surface area (Å²) in [5.74, 6) is -0.615. The van der Waals surface area contributed by atoms with Crippen molar-refractivity contribution in [1.82, 2.24) is 9.88 Å². The molecule has 21 heavy (non-hydrogen) atoms. The zero-order chi connectivity index (χ0) is 15.4. The molecule has 2 aromatic rings. The predicted molar refractivity (Wildman–Crippen MR) is 79.5 cm³/mol. The van der Waals surface area contributed by atoms with Crippen LogP contribution < -0.4 is 10.7 Å². The topological polar surface area (TPSA) is 82.3 Å². The van der Waals surface area contributed by atoms with Gasteiger partial charge in [-0.15, -0.1) is 0 Å². The Morgan fingerprint density at radius 2 is 1.76 bits per heavy atom. The number of carbonyl (C=O) groups is 2. The van der Waals surface area contributed by atoms with Crippen LogP contribution in [0.25, 0.3) is 0 Å². The Kier molecular flexibility index (Phi) is 4.18. The molecule has 0 saturated carbocycles. The number of H-pyrrole nitrogens is 1. The summed E-state index contributed by atoms with van der Waals surface area (Å²) in [5, 5.41) is 2.61. The van der Waals surface area contributed by atoms with Crippen LogP contribution in [0.1, 0.15) is 20.7 Å². The molecule has 1 aromatic carbocycles. The van der Waals surface area contributed by atoms with Crippen molar-refractivity contribution in [3.8, 4) is 0 Å². The van der Waals surface area contributed by atoms with Gasteiger partial charge in [0.25, 0.3) is 11.8 Å². The molecule has 0 aliphatic carbocycles. The lowest BCUT2D eigenvalue weighted by Crippen LogP contribution is -2.22. The Morgan fingerprint density at radius 3 is 2.33 bits per heavy atom. The van der Waals surface area contributed by atoms with Crippen molar-refractivity contribution in [2.45, 2.75) is 0 Å². The van der Waals surface area contributed by atoms with Crippen LogP contribution in [-0.2, 0) is 0 Å². The lowest BCUT2D eigenvalue weighted by Gasteiger charge is -2.10. The van der Waals surface area contributed by atoms with E-state index in [-0.39, 0.29) is 16.9 Å². The largest absolute Gasteiger partial charge is 0.367 e. The van der Waals surface area contributed by atoms with E-state index in [1.54, 1.807) is 38.4 Å². The SMILES string of the molecule is CN(C)C(=O)c1ccc(NC(=O)c2c[nH]ccc2=O)cc1. The Morgan fingerprint density at radius 1 is 1.10 bits per heavy atom. The van der Waals surface area contributed by atoms with Crippen molar-refractivity contribution in [2.24, 2.45) is 0 Å². The highest BCUT2D eigenvalue weighted by molar-refractivity contribution is 6.04. The molecule has 0 spiro atoms. The normalized spacial score (nSPS) is 10.0. The molecule has 0 unspecified atom stereocenters. The van der Waals surface area contributed by atoms with Gasteiger partial charge in [0.05, 0.1) is 0 Å². The summed E-state index contributed by atoms with van der Waals surface area (Å²) in [6, 6.07) is 7.76. The first-order valence-corrected chi connectivity index (χ1v) is 6.29. The molecular formula is C15H15N3O3. The second-order valence-corrected chi connectivity index (χ2v) is 4.65. The van der Waals surface area contributed by atoms with Crippen LogP contribution in [0.5, 0.6) is 0 Å². The number of hydrogen-bond donors (Lipinski definition) is 2. The van der Waals surface area contributed by atoms with Crippen LogP contribution in [0.3, 0.4) is 0 Å². The fourth-order valence-electron chi connectivity index (χ4n) is 1.75. The van der Waals surface area contributed by atoms with Crippen LogP contribution >= 0.6 is 0 Å². The van der Waals surface area contributed by atoms with Gasteiger partial charge in [0.2, 0.25) is 0 Å². The van der Waals surface area contributed by atoms with Gasteiger partial charge in [-0.2, -0.15) is 0 Å². The fourth-order valence-corrected chi connectivity index (χ4v) is 1.75. The molecule has 108 valence electrons. The Bertz CT molecular complexity index is 717.